The number of aromatic nitrogens is 2. The molecule has 1 saturated heterocycles. The lowest BCUT2D eigenvalue weighted by molar-refractivity contribution is -0.119. The molecular formula is C15H12N4O2S. The van der Waals surface area contributed by atoms with Gasteiger partial charge in [0.15, 0.2) is 11.5 Å². The molecule has 6 nitrogen and oxygen atoms in total. The summed E-state index contributed by atoms with van der Waals surface area (Å²) in [5.41, 5.74) is 1.20. The molecule has 1 fully saturated rings. The van der Waals surface area contributed by atoms with Crippen molar-refractivity contribution >= 4 is 29.4 Å². The molecule has 3 heterocycles. The number of rotatable bonds is 1. The fourth-order valence-corrected chi connectivity index (χ4v) is 4.17. The minimum absolute atomic E-state index is 0.183. The lowest BCUT2D eigenvalue weighted by Crippen LogP contribution is -2.43. The highest BCUT2D eigenvalue weighted by Crippen LogP contribution is 2.43. The molecule has 2 amide bonds. The maximum atomic E-state index is 12.9. The third-order valence-electron chi connectivity index (χ3n) is 3.76. The fraction of sp³-hybridized carbons (Fsp3) is 0.200. The second-order valence-corrected chi connectivity index (χ2v) is 6.18. The van der Waals surface area contributed by atoms with E-state index in [1.165, 1.54) is 12.4 Å². The highest BCUT2D eigenvalue weighted by atomic mass is 32.2. The van der Waals surface area contributed by atoms with Gasteiger partial charge in [-0.05, 0) is 5.56 Å². The number of amides is 2. The van der Waals surface area contributed by atoms with Crippen LogP contribution in [0.1, 0.15) is 21.4 Å². The lowest BCUT2D eigenvalue weighted by atomic mass is 10.1. The Morgan fingerprint density at radius 1 is 1.14 bits per heavy atom. The summed E-state index contributed by atoms with van der Waals surface area (Å²) >= 11 is 1.59. The first-order valence-corrected chi connectivity index (χ1v) is 7.91. The molecule has 22 heavy (non-hydrogen) atoms. The topological polar surface area (TPSA) is 75.2 Å². The minimum atomic E-state index is -0.501. The molecule has 4 rings (SSSR count). The molecule has 1 N–H and O–H groups in total. The molecule has 0 unspecified atom stereocenters. The first-order valence-electron chi connectivity index (χ1n) is 6.87. The third-order valence-corrected chi connectivity index (χ3v) is 5.09. The van der Waals surface area contributed by atoms with Gasteiger partial charge >= 0.3 is 0 Å². The van der Waals surface area contributed by atoms with Gasteiger partial charge in [0.05, 0.1) is 0 Å². The number of thioether (sulfide) groups is 1. The van der Waals surface area contributed by atoms with Crippen molar-refractivity contribution < 1.29 is 9.59 Å². The summed E-state index contributed by atoms with van der Waals surface area (Å²) in [5.74, 6) is 0.332. The van der Waals surface area contributed by atoms with Crippen molar-refractivity contribution in [3.63, 3.8) is 0 Å². The monoisotopic (exact) mass is 312 g/mol. The first-order chi connectivity index (χ1) is 10.8. The summed E-state index contributed by atoms with van der Waals surface area (Å²) in [7, 11) is 0. The van der Waals surface area contributed by atoms with Crippen molar-refractivity contribution in [1.82, 2.24) is 14.9 Å². The van der Waals surface area contributed by atoms with E-state index >= 15 is 0 Å². The summed E-state index contributed by atoms with van der Waals surface area (Å²) in [5, 5.41) is 2.52. The molecule has 1 aromatic heterocycles. The maximum Gasteiger partial charge on any atom is 0.278 e. The summed E-state index contributed by atoms with van der Waals surface area (Å²) < 4.78 is 0. The molecule has 0 spiro atoms. The molecule has 0 radical (unpaired) electrons. The number of fused-ring (bicyclic) bond motifs is 2. The Hall–Kier alpha value is -2.41. The van der Waals surface area contributed by atoms with Crippen molar-refractivity contribution in [1.29, 1.82) is 0 Å². The molecule has 1 aromatic carbocycles. The van der Waals surface area contributed by atoms with E-state index in [1.807, 2.05) is 30.3 Å². The molecule has 2 aliphatic rings. The van der Waals surface area contributed by atoms with Crippen LogP contribution < -0.4 is 5.32 Å². The van der Waals surface area contributed by atoms with Gasteiger partial charge in [0.2, 0.25) is 5.91 Å². The third kappa shape index (κ3) is 1.97. The van der Waals surface area contributed by atoms with Gasteiger partial charge in [-0.15, -0.1) is 11.8 Å². The van der Waals surface area contributed by atoms with E-state index in [0.717, 1.165) is 5.56 Å². The normalized spacial score (nSPS) is 23.5. The Labute approximate surface area is 130 Å². The number of hydrogen-bond acceptors (Lipinski definition) is 5. The van der Waals surface area contributed by atoms with Crippen LogP contribution in [-0.2, 0) is 4.79 Å². The largest absolute Gasteiger partial charge is 0.308 e. The predicted octanol–water partition coefficient (Wildman–Crippen LogP) is 1.69. The van der Waals surface area contributed by atoms with E-state index in [1.54, 1.807) is 16.7 Å². The zero-order valence-corrected chi connectivity index (χ0v) is 12.3. The fourth-order valence-electron chi connectivity index (χ4n) is 2.74. The van der Waals surface area contributed by atoms with Crippen LogP contribution >= 0.6 is 11.8 Å². The van der Waals surface area contributed by atoms with Crippen LogP contribution in [0.25, 0.3) is 0 Å². The Bertz CT molecular complexity index is 752. The van der Waals surface area contributed by atoms with Crippen LogP contribution in [0.15, 0.2) is 42.7 Å². The van der Waals surface area contributed by atoms with Crippen LogP contribution in [0.2, 0.25) is 0 Å². The SMILES string of the molecule is O=C1Nc2nccnc2C(=O)N2[C@H]1CS[C@H]2c1ccccc1. The van der Waals surface area contributed by atoms with Gasteiger partial charge < -0.3 is 10.2 Å². The van der Waals surface area contributed by atoms with Crippen molar-refractivity contribution in [2.24, 2.45) is 0 Å². The number of carbonyl (C=O) groups excluding carboxylic acids is 2. The Kier molecular flexibility index (Phi) is 3.07. The summed E-state index contributed by atoms with van der Waals surface area (Å²) in [6.45, 7) is 0. The maximum absolute atomic E-state index is 12.9. The molecule has 7 heteroatoms. The standard InChI is InChI=1S/C15H12N4O2S/c20-13-10-8-22-15(9-4-2-1-3-5-9)19(10)14(21)11-12(18-13)17-7-6-16-11/h1-7,10,15H,8H2,(H,17,18,20)/t10-,15-/m0/s1. The van der Waals surface area contributed by atoms with Gasteiger partial charge in [-0.3, -0.25) is 9.59 Å². The van der Waals surface area contributed by atoms with E-state index < -0.39 is 6.04 Å². The Balaban J connectivity index is 1.80. The van der Waals surface area contributed by atoms with Crippen molar-refractivity contribution in [2.45, 2.75) is 11.4 Å². The summed E-state index contributed by atoms with van der Waals surface area (Å²) in [6, 6.07) is 9.22. The molecule has 0 saturated carbocycles. The van der Waals surface area contributed by atoms with Crippen LogP contribution in [-0.4, -0.2) is 38.5 Å². The second-order valence-electron chi connectivity index (χ2n) is 5.07. The van der Waals surface area contributed by atoms with Gasteiger partial charge in [0.1, 0.15) is 11.4 Å². The van der Waals surface area contributed by atoms with Crippen LogP contribution in [0, 0.1) is 0 Å². The quantitative estimate of drug-likeness (QED) is 0.867. The first kappa shape index (κ1) is 13.3. The van der Waals surface area contributed by atoms with E-state index in [4.69, 9.17) is 0 Å². The van der Waals surface area contributed by atoms with Crippen molar-refractivity contribution in [3.8, 4) is 0 Å². The molecule has 2 aliphatic heterocycles. The highest BCUT2D eigenvalue weighted by Gasteiger charge is 2.45. The summed E-state index contributed by atoms with van der Waals surface area (Å²) in [6.07, 6.45) is 2.93. The van der Waals surface area contributed by atoms with Crippen LogP contribution in [0.4, 0.5) is 5.82 Å². The van der Waals surface area contributed by atoms with Crippen LogP contribution in [0.5, 0.6) is 0 Å². The van der Waals surface area contributed by atoms with Gasteiger partial charge in [-0.1, -0.05) is 30.3 Å². The average molecular weight is 312 g/mol. The lowest BCUT2D eigenvalue weighted by Gasteiger charge is -2.26. The number of hydrogen-bond donors (Lipinski definition) is 1. The van der Waals surface area contributed by atoms with Gasteiger partial charge in [-0.25, -0.2) is 9.97 Å². The number of nitrogens with one attached hydrogen (secondary N) is 1. The molecule has 110 valence electrons. The second kappa shape index (κ2) is 5.10. The Morgan fingerprint density at radius 2 is 1.91 bits per heavy atom. The van der Waals surface area contributed by atoms with Crippen molar-refractivity contribution in [2.75, 3.05) is 11.1 Å². The number of benzene rings is 1. The molecular weight excluding hydrogens is 300 g/mol. The molecule has 0 aliphatic carbocycles. The number of nitrogens with zero attached hydrogens (tertiary/aromatic N) is 3. The zero-order chi connectivity index (χ0) is 15.1. The average Bonchev–Trinajstić information content (AvgIpc) is 2.96. The molecule has 0 bridgehead atoms. The molecule has 2 atom stereocenters. The van der Waals surface area contributed by atoms with E-state index in [0.29, 0.717) is 5.75 Å². The predicted molar refractivity (Wildman–Crippen MR) is 82.3 cm³/mol. The van der Waals surface area contributed by atoms with E-state index in [2.05, 4.69) is 15.3 Å². The minimum Gasteiger partial charge on any atom is -0.308 e. The smallest absolute Gasteiger partial charge is 0.278 e. The highest BCUT2D eigenvalue weighted by molar-refractivity contribution is 7.99. The van der Waals surface area contributed by atoms with Gasteiger partial charge in [0, 0.05) is 18.1 Å². The number of carbonyl (C=O) groups is 2. The van der Waals surface area contributed by atoms with Gasteiger partial charge in [-0.2, -0.15) is 0 Å². The van der Waals surface area contributed by atoms with E-state index in [-0.39, 0.29) is 28.7 Å². The van der Waals surface area contributed by atoms with Gasteiger partial charge in [0.25, 0.3) is 5.91 Å². The molecule has 2 aromatic rings. The van der Waals surface area contributed by atoms with Crippen molar-refractivity contribution in [3.05, 3.63) is 54.0 Å². The zero-order valence-electron chi connectivity index (χ0n) is 11.5. The number of anilines is 1. The Morgan fingerprint density at radius 3 is 2.73 bits per heavy atom. The summed E-state index contributed by atoms with van der Waals surface area (Å²) in [4.78, 5) is 35.0. The van der Waals surface area contributed by atoms with Crippen LogP contribution in [0.3, 0.4) is 0 Å². The van der Waals surface area contributed by atoms with E-state index in [9.17, 15) is 9.59 Å².